The van der Waals surface area contributed by atoms with Crippen molar-refractivity contribution in [1.82, 2.24) is 15.5 Å². The Morgan fingerprint density at radius 3 is 2.62 bits per heavy atom. The van der Waals surface area contributed by atoms with Crippen molar-refractivity contribution in [1.29, 1.82) is 0 Å². The molecule has 8 nitrogen and oxygen atoms in total. The Kier molecular flexibility index (Phi) is 6.77. The van der Waals surface area contributed by atoms with Crippen LogP contribution < -0.4 is 24.8 Å². The number of ether oxygens (including phenoxy) is 3. The molecule has 3 aromatic rings. The minimum Gasteiger partial charge on any atom is -0.497 e. The molecule has 2 heterocycles. The number of amides is 1. The standard InChI is InChI=1S/C24H26N4O4S2/c1-30-18-7-5-17(6-8-18)25-22-27-28-23(34-22)33-15-21(29)26-24(10-2-3-11-24)16-4-9-19-20(14-16)32-13-12-31-19/h4-9,14H,2-3,10-13,15H2,1H3,(H,25,27)(H,26,29). The molecule has 5 rings (SSSR count). The molecule has 1 aromatic heterocycles. The van der Waals surface area contributed by atoms with Crippen LogP contribution in [0.3, 0.4) is 0 Å². The number of nitrogens with zero attached hydrogens (tertiary/aromatic N) is 2. The minimum absolute atomic E-state index is 0.0124. The van der Waals surface area contributed by atoms with Crippen molar-refractivity contribution in [2.45, 2.75) is 35.6 Å². The zero-order valence-electron chi connectivity index (χ0n) is 18.8. The van der Waals surface area contributed by atoms with Crippen LogP contribution in [0.15, 0.2) is 46.8 Å². The topological polar surface area (TPSA) is 94.6 Å². The first-order valence-corrected chi connectivity index (χ1v) is 13.0. The number of hydrogen-bond acceptors (Lipinski definition) is 9. The van der Waals surface area contributed by atoms with Gasteiger partial charge in [0.2, 0.25) is 11.0 Å². The van der Waals surface area contributed by atoms with Gasteiger partial charge in [-0.15, -0.1) is 10.2 Å². The minimum atomic E-state index is -0.365. The van der Waals surface area contributed by atoms with E-state index < -0.39 is 0 Å². The van der Waals surface area contributed by atoms with Gasteiger partial charge in [0.15, 0.2) is 15.8 Å². The summed E-state index contributed by atoms with van der Waals surface area (Å²) in [6, 6.07) is 13.6. The molecule has 0 spiro atoms. The van der Waals surface area contributed by atoms with Crippen LogP contribution in [-0.4, -0.2) is 42.2 Å². The lowest BCUT2D eigenvalue weighted by molar-refractivity contribution is -0.120. The van der Waals surface area contributed by atoms with Gasteiger partial charge in [0.1, 0.15) is 19.0 Å². The summed E-state index contributed by atoms with van der Waals surface area (Å²) < 4.78 is 17.3. The maximum absolute atomic E-state index is 12.9. The van der Waals surface area contributed by atoms with Crippen LogP contribution in [0.5, 0.6) is 17.2 Å². The van der Waals surface area contributed by atoms with Crippen LogP contribution >= 0.6 is 23.1 Å². The number of benzene rings is 2. The monoisotopic (exact) mass is 498 g/mol. The first-order chi connectivity index (χ1) is 16.6. The second-order valence-corrected chi connectivity index (χ2v) is 10.4. The molecule has 0 saturated heterocycles. The highest BCUT2D eigenvalue weighted by atomic mass is 32.2. The van der Waals surface area contributed by atoms with Crippen molar-refractivity contribution in [2.75, 3.05) is 31.4 Å². The third kappa shape index (κ3) is 5.07. The Morgan fingerprint density at radius 1 is 1.09 bits per heavy atom. The molecular formula is C24H26N4O4S2. The van der Waals surface area contributed by atoms with E-state index in [9.17, 15) is 4.79 Å². The van der Waals surface area contributed by atoms with Crippen molar-refractivity contribution in [3.8, 4) is 17.2 Å². The summed E-state index contributed by atoms with van der Waals surface area (Å²) in [6.07, 6.45) is 3.99. The summed E-state index contributed by atoms with van der Waals surface area (Å²) in [6.45, 7) is 1.11. The number of methoxy groups -OCH3 is 1. The van der Waals surface area contributed by atoms with Crippen LogP contribution in [0.2, 0.25) is 0 Å². The number of fused-ring (bicyclic) bond motifs is 1. The van der Waals surface area contributed by atoms with Gasteiger partial charge in [-0.2, -0.15) is 0 Å². The molecule has 178 valence electrons. The van der Waals surface area contributed by atoms with Crippen molar-refractivity contribution in [3.63, 3.8) is 0 Å². The average molecular weight is 499 g/mol. The molecule has 1 aliphatic carbocycles. The smallest absolute Gasteiger partial charge is 0.231 e. The highest BCUT2D eigenvalue weighted by Crippen LogP contribution is 2.42. The van der Waals surface area contributed by atoms with Crippen LogP contribution in [0.4, 0.5) is 10.8 Å². The van der Waals surface area contributed by atoms with Crippen LogP contribution in [0, 0.1) is 0 Å². The zero-order valence-corrected chi connectivity index (χ0v) is 20.5. The fraction of sp³-hybridized carbons (Fsp3) is 0.375. The van der Waals surface area contributed by atoms with E-state index in [1.807, 2.05) is 42.5 Å². The molecule has 0 atom stereocenters. The first-order valence-electron chi connectivity index (χ1n) is 11.2. The predicted octanol–water partition coefficient (Wildman–Crippen LogP) is 4.74. The number of nitrogens with one attached hydrogen (secondary N) is 2. The Morgan fingerprint density at radius 2 is 1.85 bits per heavy atom. The molecule has 10 heteroatoms. The van der Waals surface area contributed by atoms with E-state index in [0.717, 1.165) is 58.5 Å². The summed E-state index contributed by atoms with van der Waals surface area (Å²) in [5, 5.41) is 15.6. The highest BCUT2D eigenvalue weighted by Gasteiger charge is 2.37. The third-order valence-corrected chi connectivity index (χ3v) is 7.98. The lowest BCUT2D eigenvalue weighted by Gasteiger charge is -2.32. The molecule has 1 aliphatic heterocycles. The number of rotatable bonds is 8. The van der Waals surface area contributed by atoms with Crippen molar-refractivity contribution < 1.29 is 19.0 Å². The van der Waals surface area contributed by atoms with Gasteiger partial charge in [0, 0.05) is 5.69 Å². The van der Waals surface area contributed by atoms with E-state index in [2.05, 4.69) is 20.8 Å². The van der Waals surface area contributed by atoms with Gasteiger partial charge in [-0.05, 0) is 54.8 Å². The second kappa shape index (κ2) is 10.1. The molecule has 0 bridgehead atoms. The number of carbonyl (C=O) groups excluding carboxylic acids is 1. The first kappa shape index (κ1) is 22.8. The molecule has 2 aliphatic rings. The van der Waals surface area contributed by atoms with Crippen molar-refractivity contribution >= 4 is 39.8 Å². The van der Waals surface area contributed by atoms with Crippen molar-refractivity contribution in [2.24, 2.45) is 0 Å². The van der Waals surface area contributed by atoms with Crippen LogP contribution in [-0.2, 0) is 10.3 Å². The molecular weight excluding hydrogens is 472 g/mol. The molecule has 1 fully saturated rings. The average Bonchev–Trinajstić information content (AvgIpc) is 3.53. The Labute approximate surface area is 206 Å². The van der Waals surface area contributed by atoms with Gasteiger partial charge < -0.3 is 24.8 Å². The molecule has 0 radical (unpaired) electrons. The van der Waals surface area contributed by atoms with Gasteiger partial charge in [-0.1, -0.05) is 42.0 Å². The van der Waals surface area contributed by atoms with Crippen LogP contribution in [0.25, 0.3) is 0 Å². The third-order valence-electron chi connectivity index (χ3n) is 6.01. The Balaban J connectivity index is 1.20. The lowest BCUT2D eigenvalue weighted by Crippen LogP contribution is -2.44. The van der Waals surface area contributed by atoms with E-state index in [1.165, 1.54) is 23.1 Å². The maximum Gasteiger partial charge on any atom is 0.231 e. The summed E-state index contributed by atoms with van der Waals surface area (Å²) in [4.78, 5) is 12.9. The molecule has 2 aromatic carbocycles. The van der Waals surface area contributed by atoms with E-state index in [-0.39, 0.29) is 17.2 Å². The van der Waals surface area contributed by atoms with E-state index in [0.29, 0.717) is 18.3 Å². The largest absolute Gasteiger partial charge is 0.497 e. The molecule has 1 saturated carbocycles. The SMILES string of the molecule is COc1ccc(Nc2nnc(SCC(=O)NC3(c4ccc5c(c4)OCCO5)CCCC3)s2)cc1. The number of thioether (sulfide) groups is 1. The number of aromatic nitrogens is 2. The zero-order chi connectivity index (χ0) is 23.4. The normalized spacial score (nSPS) is 16.1. The van der Waals surface area contributed by atoms with Crippen molar-refractivity contribution in [3.05, 3.63) is 48.0 Å². The molecule has 0 unspecified atom stereocenters. The van der Waals surface area contributed by atoms with E-state index in [4.69, 9.17) is 14.2 Å². The van der Waals surface area contributed by atoms with Crippen LogP contribution in [0.1, 0.15) is 31.2 Å². The number of anilines is 2. The summed E-state index contributed by atoms with van der Waals surface area (Å²) >= 11 is 2.82. The summed E-state index contributed by atoms with van der Waals surface area (Å²) in [5.41, 5.74) is 1.61. The quantitative estimate of drug-likeness (QED) is 0.430. The van der Waals surface area contributed by atoms with E-state index >= 15 is 0 Å². The molecule has 2 N–H and O–H groups in total. The molecule has 34 heavy (non-hydrogen) atoms. The number of hydrogen-bond donors (Lipinski definition) is 2. The summed E-state index contributed by atoms with van der Waals surface area (Å²) in [5.74, 6) is 2.58. The lowest BCUT2D eigenvalue weighted by atomic mass is 9.87. The molecule has 1 amide bonds. The predicted molar refractivity (Wildman–Crippen MR) is 133 cm³/mol. The van der Waals surface area contributed by atoms with Gasteiger partial charge in [-0.3, -0.25) is 4.79 Å². The van der Waals surface area contributed by atoms with Gasteiger partial charge in [0.05, 0.1) is 18.4 Å². The second-order valence-electron chi connectivity index (χ2n) is 8.21. The Hall–Kier alpha value is -2.98. The van der Waals surface area contributed by atoms with Gasteiger partial charge in [-0.25, -0.2) is 0 Å². The fourth-order valence-electron chi connectivity index (χ4n) is 4.35. The van der Waals surface area contributed by atoms with E-state index in [1.54, 1.807) is 7.11 Å². The fourth-order valence-corrected chi connectivity index (χ4v) is 5.92. The van der Waals surface area contributed by atoms with Gasteiger partial charge >= 0.3 is 0 Å². The Bertz CT molecular complexity index is 1150. The summed E-state index contributed by atoms with van der Waals surface area (Å²) in [7, 11) is 1.64. The highest BCUT2D eigenvalue weighted by molar-refractivity contribution is 8.01. The van der Waals surface area contributed by atoms with Gasteiger partial charge in [0.25, 0.3) is 0 Å². The maximum atomic E-state index is 12.9. The number of carbonyl (C=O) groups is 1.